The van der Waals surface area contributed by atoms with Gasteiger partial charge in [-0.2, -0.15) is 0 Å². The molecular formula is C8H14Cl2N2O. The first-order chi connectivity index (χ1) is 5.24. The molecule has 5 N–H and O–H groups in total. The third-order valence-electron chi connectivity index (χ3n) is 1.52. The zero-order chi connectivity index (χ0) is 8.27. The molecule has 0 heterocycles. The lowest BCUT2D eigenvalue weighted by atomic mass is 10.1. The summed E-state index contributed by atoms with van der Waals surface area (Å²) >= 11 is 0. The number of phenols is 1. The van der Waals surface area contributed by atoms with E-state index >= 15 is 0 Å². The van der Waals surface area contributed by atoms with Crippen molar-refractivity contribution in [1.82, 2.24) is 0 Å². The van der Waals surface area contributed by atoms with Crippen LogP contribution in [-0.2, 0) is 6.42 Å². The standard InChI is InChI=1S/C8H12N2O.2ClH/c9-4-3-6-1-2-8(11)7(10)5-6;;/h1-2,5,11H,3-4,9-10H2;2*1H. The number of rotatable bonds is 2. The normalized spacial score (nSPS) is 8.38. The van der Waals surface area contributed by atoms with E-state index in [1.807, 2.05) is 6.07 Å². The first-order valence-corrected chi connectivity index (χ1v) is 3.51. The molecule has 13 heavy (non-hydrogen) atoms. The van der Waals surface area contributed by atoms with Gasteiger partial charge in [-0.05, 0) is 30.7 Å². The summed E-state index contributed by atoms with van der Waals surface area (Å²) in [6, 6.07) is 5.14. The van der Waals surface area contributed by atoms with E-state index in [9.17, 15) is 0 Å². The van der Waals surface area contributed by atoms with Crippen molar-refractivity contribution in [2.75, 3.05) is 12.3 Å². The average Bonchev–Trinajstić information content (AvgIpc) is 1.98. The molecule has 0 fully saturated rings. The fraction of sp³-hybridized carbons (Fsp3) is 0.250. The minimum atomic E-state index is 0. The highest BCUT2D eigenvalue weighted by Gasteiger charge is 1.96. The molecule has 76 valence electrons. The van der Waals surface area contributed by atoms with Crippen LogP contribution >= 0.6 is 24.8 Å². The van der Waals surface area contributed by atoms with E-state index in [1.165, 1.54) is 0 Å². The third-order valence-corrected chi connectivity index (χ3v) is 1.52. The van der Waals surface area contributed by atoms with Gasteiger partial charge in [-0.15, -0.1) is 24.8 Å². The lowest BCUT2D eigenvalue weighted by molar-refractivity contribution is 0.478. The summed E-state index contributed by atoms with van der Waals surface area (Å²) in [4.78, 5) is 0. The lowest BCUT2D eigenvalue weighted by Crippen LogP contribution is -2.02. The number of halogens is 2. The van der Waals surface area contributed by atoms with Crippen LogP contribution in [0.3, 0.4) is 0 Å². The van der Waals surface area contributed by atoms with Crippen LogP contribution in [0.5, 0.6) is 5.75 Å². The van der Waals surface area contributed by atoms with Crippen molar-refractivity contribution in [3.05, 3.63) is 23.8 Å². The molecule has 0 aromatic heterocycles. The number of phenolic OH excluding ortho intramolecular Hbond substituents is 1. The molecule has 1 rings (SSSR count). The summed E-state index contributed by atoms with van der Waals surface area (Å²) in [6.07, 6.45) is 0.796. The van der Waals surface area contributed by atoms with Crippen LogP contribution in [0.1, 0.15) is 5.56 Å². The van der Waals surface area contributed by atoms with Crippen molar-refractivity contribution in [2.45, 2.75) is 6.42 Å². The Morgan fingerprint density at radius 1 is 1.23 bits per heavy atom. The Kier molecular flexibility index (Phi) is 7.81. The summed E-state index contributed by atoms with van der Waals surface area (Å²) in [7, 11) is 0. The van der Waals surface area contributed by atoms with Crippen LogP contribution in [0, 0.1) is 0 Å². The Labute approximate surface area is 89.9 Å². The number of anilines is 1. The van der Waals surface area contributed by atoms with Crippen LogP contribution in [0.4, 0.5) is 5.69 Å². The number of benzene rings is 1. The van der Waals surface area contributed by atoms with Crippen LogP contribution in [0.25, 0.3) is 0 Å². The SMILES string of the molecule is Cl.Cl.NCCc1ccc(O)c(N)c1. The lowest BCUT2D eigenvalue weighted by Gasteiger charge is -2.01. The maximum atomic E-state index is 9.06. The summed E-state index contributed by atoms with van der Waals surface area (Å²) in [6.45, 7) is 0.601. The molecule has 0 aliphatic carbocycles. The zero-order valence-corrected chi connectivity index (χ0v) is 8.70. The number of aromatic hydroxyl groups is 1. The fourth-order valence-corrected chi connectivity index (χ4v) is 0.926. The first-order valence-electron chi connectivity index (χ1n) is 3.51. The molecule has 0 unspecified atom stereocenters. The van der Waals surface area contributed by atoms with Gasteiger partial charge < -0.3 is 16.6 Å². The Balaban J connectivity index is 0. The van der Waals surface area contributed by atoms with Crippen LogP contribution in [-0.4, -0.2) is 11.7 Å². The summed E-state index contributed by atoms with van der Waals surface area (Å²) in [5.74, 6) is 0.130. The predicted molar refractivity (Wildman–Crippen MR) is 59.8 cm³/mol. The Bertz CT molecular complexity index is 256. The van der Waals surface area contributed by atoms with Gasteiger partial charge in [0.2, 0.25) is 0 Å². The first kappa shape index (κ1) is 14.9. The van der Waals surface area contributed by atoms with Gasteiger partial charge in [-0.1, -0.05) is 6.07 Å². The molecule has 5 heteroatoms. The second kappa shape index (κ2) is 6.83. The molecule has 0 atom stereocenters. The number of hydrogen-bond donors (Lipinski definition) is 3. The second-order valence-corrected chi connectivity index (χ2v) is 2.43. The van der Waals surface area contributed by atoms with Gasteiger partial charge in [-0.3, -0.25) is 0 Å². The van der Waals surface area contributed by atoms with Gasteiger partial charge in [0.1, 0.15) is 5.75 Å². The molecule has 1 aromatic carbocycles. The smallest absolute Gasteiger partial charge is 0.138 e. The van der Waals surface area contributed by atoms with Gasteiger partial charge in [-0.25, -0.2) is 0 Å². The largest absolute Gasteiger partial charge is 0.506 e. The van der Waals surface area contributed by atoms with Gasteiger partial charge in [0.05, 0.1) is 5.69 Å². The van der Waals surface area contributed by atoms with E-state index in [0.29, 0.717) is 12.2 Å². The summed E-state index contributed by atoms with van der Waals surface area (Å²) < 4.78 is 0. The molecule has 0 aliphatic rings. The minimum absolute atomic E-state index is 0. The van der Waals surface area contributed by atoms with E-state index in [4.69, 9.17) is 16.6 Å². The zero-order valence-electron chi connectivity index (χ0n) is 7.06. The van der Waals surface area contributed by atoms with Gasteiger partial charge in [0.25, 0.3) is 0 Å². The predicted octanol–water partition coefficient (Wildman–Crippen LogP) is 1.32. The molecule has 0 amide bonds. The van der Waals surface area contributed by atoms with Crippen molar-refractivity contribution >= 4 is 30.5 Å². The molecule has 1 aromatic rings. The fourth-order valence-electron chi connectivity index (χ4n) is 0.926. The number of nitrogen functional groups attached to an aromatic ring is 1. The molecule has 0 saturated carbocycles. The van der Waals surface area contributed by atoms with Crippen LogP contribution in [0.2, 0.25) is 0 Å². The van der Waals surface area contributed by atoms with Gasteiger partial charge >= 0.3 is 0 Å². The highest BCUT2D eigenvalue weighted by atomic mass is 35.5. The summed E-state index contributed by atoms with van der Waals surface area (Å²) in [5.41, 5.74) is 12.3. The molecule has 0 spiro atoms. The van der Waals surface area contributed by atoms with E-state index in [1.54, 1.807) is 12.1 Å². The van der Waals surface area contributed by atoms with Crippen molar-refractivity contribution in [2.24, 2.45) is 5.73 Å². The maximum absolute atomic E-state index is 9.06. The molecule has 0 radical (unpaired) electrons. The average molecular weight is 225 g/mol. The third kappa shape index (κ3) is 4.22. The number of hydrogen-bond acceptors (Lipinski definition) is 3. The maximum Gasteiger partial charge on any atom is 0.138 e. The topological polar surface area (TPSA) is 72.3 Å². The van der Waals surface area contributed by atoms with Gasteiger partial charge in [0, 0.05) is 0 Å². The highest BCUT2D eigenvalue weighted by molar-refractivity contribution is 5.85. The van der Waals surface area contributed by atoms with Crippen molar-refractivity contribution in [3.63, 3.8) is 0 Å². The Hall–Kier alpha value is -0.640. The molecular weight excluding hydrogens is 211 g/mol. The molecule has 0 saturated heterocycles. The quantitative estimate of drug-likeness (QED) is 0.525. The molecule has 0 aliphatic heterocycles. The monoisotopic (exact) mass is 224 g/mol. The van der Waals surface area contributed by atoms with E-state index in [-0.39, 0.29) is 30.6 Å². The van der Waals surface area contributed by atoms with Crippen molar-refractivity contribution in [1.29, 1.82) is 0 Å². The molecule has 3 nitrogen and oxygen atoms in total. The minimum Gasteiger partial charge on any atom is -0.506 e. The van der Waals surface area contributed by atoms with Crippen LogP contribution in [0.15, 0.2) is 18.2 Å². The van der Waals surface area contributed by atoms with Crippen molar-refractivity contribution in [3.8, 4) is 5.75 Å². The number of nitrogens with two attached hydrogens (primary N) is 2. The van der Waals surface area contributed by atoms with Gasteiger partial charge in [0.15, 0.2) is 0 Å². The molecule has 0 bridgehead atoms. The Morgan fingerprint density at radius 3 is 2.31 bits per heavy atom. The second-order valence-electron chi connectivity index (χ2n) is 2.43. The van der Waals surface area contributed by atoms with Crippen LogP contribution < -0.4 is 11.5 Å². The van der Waals surface area contributed by atoms with E-state index < -0.39 is 0 Å². The van der Waals surface area contributed by atoms with E-state index in [2.05, 4.69) is 0 Å². The highest BCUT2D eigenvalue weighted by Crippen LogP contribution is 2.20. The Morgan fingerprint density at radius 2 is 1.85 bits per heavy atom. The van der Waals surface area contributed by atoms with E-state index in [0.717, 1.165) is 12.0 Å². The van der Waals surface area contributed by atoms with Crippen molar-refractivity contribution < 1.29 is 5.11 Å². The summed E-state index contributed by atoms with van der Waals surface area (Å²) in [5, 5.41) is 9.06.